The van der Waals surface area contributed by atoms with Gasteiger partial charge >= 0.3 is 0 Å². The Balaban J connectivity index is 3.14. The number of benzene rings is 1. The summed E-state index contributed by atoms with van der Waals surface area (Å²) in [6.45, 7) is 3.82. The smallest absolute Gasteiger partial charge is 0.0507 e. The minimum Gasteiger partial charge on any atom is -0.322 e. The highest BCUT2D eigenvalue weighted by atomic mass is 32.2. The van der Waals surface area contributed by atoms with Crippen molar-refractivity contribution in [3.05, 3.63) is 29.8 Å². The van der Waals surface area contributed by atoms with Crippen LogP contribution in [0.4, 0.5) is 0 Å². The predicted molar refractivity (Wildman–Crippen MR) is 61.4 cm³/mol. The van der Waals surface area contributed by atoms with Gasteiger partial charge in [0.25, 0.3) is 0 Å². The minimum absolute atomic E-state index is 0.394. The summed E-state index contributed by atoms with van der Waals surface area (Å²) in [6, 6.07) is 7.07. The Morgan fingerprint density at radius 3 is 2.00 bits per heavy atom. The standard InChI is InChI=1S/C10H16N2OS/c1-10(2,11)8-4-6-9(7-5-8)14(3,12)13/h4-7H,3,11H2,1-2H3,(H2,12,13). The van der Waals surface area contributed by atoms with Crippen LogP contribution in [-0.4, -0.2) is 10.1 Å². The summed E-state index contributed by atoms with van der Waals surface area (Å²) in [5, 5.41) is 5.40. The van der Waals surface area contributed by atoms with Gasteiger partial charge in [-0.05, 0) is 37.4 Å². The second kappa shape index (κ2) is 3.38. The molecule has 0 aliphatic heterocycles. The van der Waals surface area contributed by atoms with Crippen molar-refractivity contribution in [1.29, 1.82) is 0 Å². The lowest BCUT2D eigenvalue weighted by Crippen LogP contribution is -2.28. The third-order valence-electron chi connectivity index (χ3n) is 2.00. The van der Waals surface area contributed by atoms with Gasteiger partial charge in [-0.25, -0.2) is 4.21 Å². The van der Waals surface area contributed by atoms with Gasteiger partial charge in [0.2, 0.25) is 0 Å². The summed E-state index contributed by atoms with van der Waals surface area (Å²) in [4.78, 5) is 0.547. The molecule has 0 amide bonds. The van der Waals surface area contributed by atoms with E-state index < -0.39 is 15.2 Å². The molecule has 1 aromatic rings. The molecule has 0 aliphatic carbocycles. The Morgan fingerprint density at radius 2 is 1.71 bits per heavy atom. The lowest BCUT2D eigenvalue weighted by atomic mass is 9.96. The Bertz CT molecular complexity index is 412. The van der Waals surface area contributed by atoms with Gasteiger partial charge in [-0.15, -0.1) is 0 Å². The Labute approximate surface area is 85.3 Å². The van der Waals surface area contributed by atoms with Crippen LogP contribution in [0.3, 0.4) is 0 Å². The number of hydrogen-bond donors (Lipinski definition) is 2. The molecule has 0 saturated carbocycles. The van der Waals surface area contributed by atoms with Crippen molar-refractivity contribution < 1.29 is 4.21 Å². The minimum atomic E-state index is -2.61. The molecule has 3 nitrogen and oxygen atoms in total. The molecule has 0 radical (unpaired) electrons. The quantitative estimate of drug-likeness (QED) is 0.713. The molecule has 0 saturated heterocycles. The second-order valence-electron chi connectivity index (χ2n) is 3.97. The zero-order valence-corrected chi connectivity index (χ0v) is 9.30. The Morgan fingerprint density at radius 1 is 1.29 bits per heavy atom. The summed E-state index contributed by atoms with van der Waals surface area (Å²) < 4.78 is 11.4. The van der Waals surface area contributed by atoms with Gasteiger partial charge in [-0.2, -0.15) is 0 Å². The molecule has 4 heteroatoms. The van der Waals surface area contributed by atoms with Crippen LogP contribution in [-0.2, 0) is 15.2 Å². The van der Waals surface area contributed by atoms with Crippen molar-refractivity contribution in [2.24, 2.45) is 10.9 Å². The van der Waals surface area contributed by atoms with Crippen LogP contribution in [0, 0.1) is 0 Å². The van der Waals surface area contributed by atoms with Crippen molar-refractivity contribution in [3.63, 3.8) is 0 Å². The van der Waals surface area contributed by atoms with E-state index in [9.17, 15) is 4.21 Å². The molecule has 1 unspecified atom stereocenters. The van der Waals surface area contributed by atoms with E-state index in [-0.39, 0.29) is 0 Å². The fourth-order valence-electron chi connectivity index (χ4n) is 1.11. The van der Waals surface area contributed by atoms with Gasteiger partial charge < -0.3 is 5.73 Å². The van der Waals surface area contributed by atoms with Gasteiger partial charge in [0, 0.05) is 10.4 Å². The molecular formula is C10H16N2OS. The predicted octanol–water partition coefficient (Wildman–Crippen LogP) is 0.829. The van der Waals surface area contributed by atoms with Crippen LogP contribution in [0.25, 0.3) is 0 Å². The zero-order valence-electron chi connectivity index (χ0n) is 8.49. The molecule has 0 fully saturated rings. The van der Waals surface area contributed by atoms with E-state index in [2.05, 4.69) is 5.87 Å². The maximum absolute atomic E-state index is 11.4. The first-order valence-electron chi connectivity index (χ1n) is 4.26. The molecule has 0 bridgehead atoms. The Kier molecular flexibility index (Phi) is 2.71. The molecule has 14 heavy (non-hydrogen) atoms. The molecule has 0 heterocycles. The Hall–Kier alpha value is -0.840. The first-order valence-corrected chi connectivity index (χ1v) is 6.05. The van der Waals surface area contributed by atoms with Gasteiger partial charge in [-0.3, -0.25) is 5.14 Å². The summed E-state index contributed by atoms with van der Waals surface area (Å²) >= 11 is 0. The van der Waals surface area contributed by atoms with Crippen LogP contribution in [0.15, 0.2) is 29.2 Å². The SMILES string of the molecule is C=S(N)(=O)c1ccc(C(C)(C)N)cc1. The van der Waals surface area contributed by atoms with Gasteiger partial charge in [0.05, 0.1) is 9.71 Å². The summed E-state index contributed by atoms with van der Waals surface area (Å²) in [5.74, 6) is 3.41. The van der Waals surface area contributed by atoms with Crippen molar-refractivity contribution in [1.82, 2.24) is 0 Å². The molecular weight excluding hydrogens is 196 g/mol. The maximum atomic E-state index is 11.4. The molecule has 4 N–H and O–H groups in total. The van der Waals surface area contributed by atoms with Crippen molar-refractivity contribution in [2.75, 3.05) is 0 Å². The van der Waals surface area contributed by atoms with E-state index in [1.54, 1.807) is 12.1 Å². The number of hydrogen-bond acceptors (Lipinski definition) is 2. The van der Waals surface area contributed by atoms with E-state index in [1.165, 1.54) is 0 Å². The normalized spacial score (nSPS) is 16.3. The van der Waals surface area contributed by atoms with E-state index >= 15 is 0 Å². The zero-order chi connectivity index (χ0) is 11.0. The number of nitrogens with two attached hydrogens (primary N) is 2. The largest absolute Gasteiger partial charge is 0.322 e. The topological polar surface area (TPSA) is 69.1 Å². The molecule has 0 aliphatic rings. The van der Waals surface area contributed by atoms with Crippen molar-refractivity contribution >= 4 is 15.6 Å². The van der Waals surface area contributed by atoms with Crippen molar-refractivity contribution in [3.8, 4) is 0 Å². The summed E-state index contributed by atoms with van der Waals surface area (Å²) in [7, 11) is -2.61. The van der Waals surface area contributed by atoms with Crippen LogP contribution in [0.5, 0.6) is 0 Å². The summed E-state index contributed by atoms with van der Waals surface area (Å²) in [6.07, 6.45) is 0. The highest BCUT2D eigenvalue weighted by Gasteiger charge is 2.13. The fraction of sp³-hybridized carbons (Fsp3) is 0.300. The molecule has 0 spiro atoms. The average Bonchev–Trinajstić information content (AvgIpc) is 2.01. The monoisotopic (exact) mass is 212 g/mol. The first kappa shape index (κ1) is 11.2. The molecule has 1 rings (SSSR count). The summed E-state index contributed by atoms with van der Waals surface area (Å²) in [5.41, 5.74) is 6.48. The van der Waals surface area contributed by atoms with Gasteiger partial charge in [0.15, 0.2) is 0 Å². The lowest BCUT2D eigenvalue weighted by Gasteiger charge is -2.19. The average molecular weight is 212 g/mol. The molecule has 0 aromatic heterocycles. The van der Waals surface area contributed by atoms with Crippen molar-refractivity contribution in [2.45, 2.75) is 24.3 Å². The molecule has 78 valence electrons. The van der Waals surface area contributed by atoms with E-state index in [1.807, 2.05) is 26.0 Å². The molecule has 1 aromatic carbocycles. The lowest BCUT2D eigenvalue weighted by molar-refractivity contribution is 0.554. The van der Waals surface area contributed by atoms with E-state index in [0.717, 1.165) is 5.56 Å². The fourth-order valence-corrected chi connectivity index (χ4v) is 1.71. The van der Waals surface area contributed by atoms with Gasteiger partial charge in [0.1, 0.15) is 0 Å². The highest BCUT2D eigenvalue weighted by Crippen LogP contribution is 2.18. The van der Waals surface area contributed by atoms with E-state index in [0.29, 0.717) is 4.90 Å². The van der Waals surface area contributed by atoms with Crippen LogP contribution in [0.1, 0.15) is 19.4 Å². The van der Waals surface area contributed by atoms with E-state index in [4.69, 9.17) is 10.9 Å². The third kappa shape index (κ3) is 2.57. The van der Waals surface area contributed by atoms with Gasteiger partial charge in [-0.1, -0.05) is 12.1 Å². The maximum Gasteiger partial charge on any atom is 0.0507 e. The van der Waals surface area contributed by atoms with Crippen LogP contribution in [0.2, 0.25) is 0 Å². The van der Waals surface area contributed by atoms with Crippen LogP contribution < -0.4 is 10.9 Å². The first-order chi connectivity index (χ1) is 6.21. The van der Waals surface area contributed by atoms with Crippen LogP contribution >= 0.6 is 0 Å². The second-order valence-corrected chi connectivity index (χ2v) is 5.90. The highest BCUT2D eigenvalue weighted by molar-refractivity contribution is 7.98. The third-order valence-corrected chi connectivity index (χ3v) is 3.07. The number of rotatable bonds is 2. The molecule has 1 atom stereocenters.